The highest BCUT2D eigenvalue weighted by Crippen LogP contribution is 2.12. The van der Waals surface area contributed by atoms with E-state index in [1.165, 1.54) is 16.5 Å². The van der Waals surface area contributed by atoms with Crippen molar-refractivity contribution in [1.82, 2.24) is 9.61 Å². The number of hydrogen-bond acceptors (Lipinski definition) is 3. The fourth-order valence-electron chi connectivity index (χ4n) is 0.343. The first-order chi connectivity index (χ1) is 5.77. The average Bonchev–Trinajstić information content (AvgIpc) is 1.97. The third-order valence-electron chi connectivity index (χ3n) is 0.776. The second kappa shape index (κ2) is 4.74. The Kier molecular flexibility index (Phi) is 4.61. The highest BCUT2D eigenvalue weighted by Gasteiger charge is 2.29. The number of rotatable bonds is 5. The predicted molar refractivity (Wildman–Crippen MR) is 37.7 cm³/mol. The highest BCUT2D eigenvalue weighted by atomic mass is 32.2. The molecule has 0 amide bonds. The third-order valence-corrected chi connectivity index (χ3v) is 1.64. The topological polar surface area (TPSA) is 67.4 Å². The van der Waals surface area contributed by atoms with Gasteiger partial charge in [-0.2, -0.15) is 26.3 Å². The van der Waals surface area contributed by atoms with Crippen molar-refractivity contribution in [2.24, 2.45) is 0 Å². The Morgan fingerprint density at radius 2 is 1.92 bits per heavy atom. The van der Waals surface area contributed by atoms with E-state index in [4.69, 9.17) is 0 Å². The first-order valence-corrected chi connectivity index (χ1v) is 4.70. The summed E-state index contributed by atoms with van der Waals surface area (Å²) in [6.07, 6.45) is -4.58. The van der Waals surface area contributed by atoms with E-state index in [1.807, 2.05) is 0 Å². The number of nitrogens with one attached hydrogen (secondary N) is 2. The van der Waals surface area contributed by atoms with Crippen molar-refractivity contribution in [1.29, 1.82) is 0 Å². The lowest BCUT2D eigenvalue weighted by Gasteiger charge is -2.09. The van der Waals surface area contributed by atoms with Gasteiger partial charge in [-0.15, -0.1) is 0 Å². The summed E-state index contributed by atoms with van der Waals surface area (Å²) in [5.41, 5.74) is 0. The molecule has 0 aromatic heterocycles. The molecule has 9 heteroatoms. The highest BCUT2D eigenvalue weighted by molar-refractivity contribution is 7.87. The standard InChI is InChI=1S/C4H9F3N2O3S/c1-2-12-9-13(10,11)8-3-4(5,6)7/h8-9H,2-3H2,1H3. The largest absolute Gasteiger partial charge is 0.402 e. The van der Waals surface area contributed by atoms with Gasteiger partial charge in [-0.3, -0.25) is 4.84 Å². The van der Waals surface area contributed by atoms with E-state index in [0.717, 1.165) is 0 Å². The third kappa shape index (κ3) is 7.96. The lowest BCUT2D eigenvalue weighted by molar-refractivity contribution is -0.121. The smallest absolute Gasteiger partial charge is 0.286 e. The molecule has 0 aliphatic carbocycles. The Morgan fingerprint density at radius 1 is 1.38 bits per heavy atom. The van der Waals surface area contributed by atoms with Gasteiger partial charge < -0.3 is 0 Å². The first kappa shape index (κ1) is 12.6. The van der Waals surface area contributed by atoms with Crippen LogP contribution in [-0.2, 0) is 15.0 Å². The van der Waals surface area contributed by atoms with E-state index in [2.05, 4.69) is 4.84 Å². The molecule has 0 atom stereocenters. The van der Waals surface area contributed by atoms with Crippen molar-refractivity contribution < 1.29 is 26.4 Å². The number of halogens is 3. The summed E-state index contributed by atoms with van der Waals surface area (Å²) in [5.74, 6) is 0. The Labute approximate surface area is 73.4 Å². The summed E-state index contributed by atoms with van der Waals surface area (Å²) in [6, 6.07) is 0. The maximum atomic E-state index is 11.5. The fourth-order valence-corrected chi connectivity index (χ4v) is 1.03. The predicted octanol–water partition coefficient (Wildman–Crippen LogP) is -0.0758. The summed E-state index contributed by atoms with van der Waals surface area (Å²) < 4.78 is 57.0. The molecule has 0 rings (SSSR count). The minimum Gasteiger partial charge on any atom is -0.286 e. The van der Waals surface area contributed by atoms with E-state index in [-0.39, 0.29) is 6.61 Å². The van der Waals surface area contributed by atoms with Gasteiger partial charge in [0, 0.05) is 0 Å². The molecule has 0 heterocycles. The molecule has 0 unspecified atom stereocenters. The molecule has 0 saturated heterocycles. The lowest BCUT2D eigenvalue weighted by atomic mass is 10.7. The zero-order valence-electron chi connectivity index (χ0n) is 6.68. The van der Waals surface area contributed by atoms with Gasteiger partial charge in [0.05, 0.1) is 6.61 Å². The van der Waals surface area contributed by atoms with Crippen molar-refractivity contribution in [3.8, 4) is 0 Å². The zero-order chi connectivity index (χ0) is 10.5. The number of hydrogen-bond donors (Lipinski definition) is 2. The summed E-state index contributed by atoms with van der Waals surface area (Å²) in [5, 5.41) is 0. The second-order valence-electron chi connectivity index (χ2n) is 1.96. The molecule has 80 valence electrons. The van der Waals surface area contributed by atoms with Crippen molar-refractivity contribution in [3.63, 3.8) is 0 Å². The van der Waals surface area contributed by atoms with Crippen LogP contribution in [0.4, 0.5) is 13.2 Å². The zero-order valence-corrected chi connectivity index (χ0v) is 7.50. The lowest BCUT2D eigenvalue weighted by Crippen LogP contribution is -2.41. The molecule has 2 N–H and O–H groups in total. The second-order valence-corrected chi connectivity index (χ2v) is 3.42. The minimum atomic E-state index is -4.58. The quantitative estimate of drug-likeness (QED) is 0.639. The van der Waals surface area contributed by atoms with Gasteiger partial charge in [-0.25, -0.2) is 0 Å². The van der Waals surface area contributed by atoms with Gasteiger partial charge in [0.15, 0.2) is 0 Å². The molecule has 5 nitrogen and oxygen atoms in total. The van der Waals surface area contributed by atoms with E-state index in [1.54, 1.807) is 0 Å². The number of alkyl halides is 3. The van der Waals surface area contributed by atoms with E-state index in [9.17, 15) is 21.6 Å². The minimum absolute atomic E-state index is 0.0208. The van der Waals surface area contributed by atoms with Crippen LogP contribution in [0.25, 0.3) is 0 Å². The molecule has 0 aromatic carbocycles. The van der Waals surface area contributed by atoms with Crippen molar-refractivity contribution in [2.75, 3.05) is 13.2 Å². The fraction of sp³-hybridized carbons (Fsp3) is 1.00. The van der Waals surface area contributed by atoms with Crippen LogP contribution in [0.15, 0.2) is 0 Å². The summed E-state index contributed by atoms with van der Waals surface area (Å²) in [6.45, 7) is -0.130. The molecule has 0 radical (unpaired) electrons. The molecular formula is C4H9F3N2O3S. The van der Waals surface area contributed by atoms with Crippen LogP contribution in [0.2, 0.25) is 0 Å². The molecule has 0 saturated carbocycles. The van der Waals surface area contributed by atoms with Crippen molar-refractivity contribution in [3.05, 3.63) is 0 Å². The summed E-state index contributed by atoms with van der Waals surface area (Å²) in [4.78, 5) is 5.64. The van der Waals surface area contributed by atoms with Gasteiger partial charge in [-0.1, -0.05) is 4.89 Å². The van der Waals surface area contributed by atoms with Crippen molar-refractivity contribution >= 4 is 10.2 Å². The molecule has 13 heavy (non-hydrogen) atoms. The Balaban J connectivity index is 3.91. The molecular weight excluding hydrogens is 213 g/mol. The normalized spacial score (nSPS) is 13.2. The van der Waals surface area contributed by atoms with Crippen LogP contribution in [0.1, 0.15) is 6.92 Å². The van der Waals surface area contributed by atoms with Crippen LogP contribution in [0, 0.1) is 0 Å². The Morgan fingerprint density at radius 3 is 2.31 bits per heavy atom. The Bertz CT molecular complexity index is 238. The first-order valence-electron chi connectivity index (χ1n) is 3.22. The Hall–Kier alpha value is -0.380. The van der Waals surface area contributed by atoms with Crippen LogP contribution in [0.5, 0.6) is 0 Å². The van der Waals surface area contributed by atoms with E-state index < -0.39 is 22.9 Å². The monoisotopic (exact) mass is 222 g/mol. The van der Waals surface area contributed by atoms with Gasteiger partial charge in [0.1, 0.15) is 6.54 Å². The molecule has 0 aliphatic heterocycles. The van der Waals surface area contributed by atoms with Crippen LogP contribution >= 0.6 is 0 Å². The SMILES string of the molecule is CCONS(=O)(=O)NCC(F)(F)F. The summed E-state index contributed by atoms with van der Waals surface area (Å²) in [7, 11) is -4.22. The van der Waals surface area contributed by atoms with Gasteiger partial charge in [-0.05, 0) is 6.92 Å². The maximum absolute atomic E-state index is 11.5. The maximum Gasteiger partial charge on any atom is 0.402 e. The van der Waals surface area contributed by atoms with Gasteiger partial charge in [0.2, 0.25) is 0 Å². The molecule has 0 bridgehead atoms. The summed E-state index contributed by atoms with van der Waals surface area (Å²) >= 11 is 0. The van der Waals surface area contributed by atoms with Crippen LogP contribution in [-0.4, -0.2) is 27.7 Å². The van der Waals surface area contributed by atoms with Crippen LogP contribution < -0.4 is 9.61 Å². The molecule has 0 spiro atoms. The average molecular weight is 222 g/mol. The van der Waals surface area contributed by atoms with Crippen LogP contribution in [0.3, 0.4) is 0 Å². The molecule has 0 fully saturated rings. The van der Waals surface area contributed by atoms with Gasteiger partial charge in [0.25, 0.3) is 10.2 Å². The van der Waals surface area contributed by atoms with E-state index in [0.29, 0.717) is 0 Å². The molecule has 0 aromatic rings. The van der Waals surface area contributed by atoms with Crippen molar-refractivity contribution in [2.45, 2.75) is 13.1 Å². The van der Waals surface area contributed by atoms with Gasteiger partial charge >= 0.3 is 6.18 Å². The van der Waals surface area contributed by atoms with E-state index >= 15 is 0 Å². The molecule has 0 aliphatic rings.